The van der Waals surface area contributed by atoms with Crippen molar-refractivity contribution in [2.45, 2.75) is 4.90 Å². The lowest BCUT2D eigenvalue weighted by molar-refractivity contribution is 0.475. The van der Waals surface area contributed by atoms with Gasteiger partial charge in [-0.15, -0.1) is 0 Å². The molecule has 2 N–H and O–H groups in total. The standard InChI is InChI=1S/C12H9F2NO3S/c13-11-6-1-8(7-12(11)14)15-19(17,18)10-4-2-9(16)3-5-10/h1-7,15-16H. The van der Waals surface area contributed by atoms with Gasteiger partial charge in [-0.1, -0.05) is 0 Å². The summed E-state index contributed by atoms with van der Waals surface area (Å²) >= 11 is 0. The lowest BCUT2D eigenvalue weighted by Crippen LogP contribution is -2.13. The number of benzene rings is 2. The predicted molar refractivity (Wildman–Crippen MR) is 65.3 cm³/mol. The summed E-state index contributed by atoms with van der Waals surface area (Å²) in [6.45, 7) is 0. The van der Waals surface area contributed by atoms with Gasteiger partial charge in [0.1, 0.15) is 5.75 Å². The Kier molecular flexibility index (Phi) is 3.39. The number of hydrogen-bond donors (Lipinski definition) is 2. The highest BCUT2D eigenvalue weighted by Crippen LogP contribution is 2.19. The molecule has 0 amide bonds. The van der Waals surface area contributed by atoms with Crippen molar-refractivity contribution in [1.82, 2.24) is 0 Å². The number of phenols is 1. The Hall–Kier alpha value is -2.15. The zero-order chi connectivity index (χ0) is 14.0. The number of phenolic OH excluding ortho intramolecular Hbond substituents is 1. The minimum Gasteiger partial charge on any atom is -0.508 e. The highest BCUT2D eigenvalue weighted by molar-refractivity contribution is 7.92. The van der Waals surface area contributed by atoms with Crippen LogP contribution in [0.3, 0.4) is 0 Å². The van der Waals surface area contributed by atoms with Crippen molar-refractivity contribution in [1.29, 1.82) is 0 Å². The van der Waals surface area contributed by atoms with E-state index in [0.29, 0.717) is 0 Å². The van der Waals surface area contributed by atoms with Crippen LogP contribution >= 0.6 is 0 Å². The molecule has 0 heterocycles. The summed E-state index contributed by atoms with van der Waals surface area (Å²) in [6, 6.07) is 7.47. The van der Waals surface area contributed by atoms with Crippen molar-refractivity contribution in [2.75, 3.05) is 4.72 Å². The van der Waals surface area contributed by atoms with Crippen LogP contribution in [0, 0.1) is 11.6 Å². The Morgan fingerprint density at radius 1 is 0.947 bits per heavy atom. The fraction of sp³-hybridized carbons (Fsp3) is 0. The second-order valence-corrected chi connectivity index (χ2v) is 5.41. The molecule has 0 saturated carbocycles. The van der Waals surface area contributed by atoms with Gasteiger partial charge in [0.05, 0.1) is 10.6 Å². The minimum absolute atomic E-state index is 0.0771. The van der Waals surface area contributed by atoms with Crippen LogP contribution in [0.2, 0.25) is 0 Å². The van der Waals surface area contributed by atoms with Crippen molar-refractivity contribution >= 4 is 15.7 Å². The summed E-state index contributed by atoms with van der Waals surface area (Å²) in [5, 5.41) is 9.07. The average Bonchev–Trinajstić information content (AvgIpc) is 2.34. The topological polar surface area (TPSA) is 66.4 Å². The van der Waals surface area contributed by atoms with E-state index in [1.165, 1.54) is 24.3 Å². The molecule has 0 atom stereocenters. The third kappa shape index (κ3) is 3.00. The van der Waals surface area contributed by atoms with Gasteiger partial charge in [0.15, 0.2) is 11.6 Å². The molecule has 0 bridgehead atoms. The number of rotatable bonds is 3. The maximum atomic E-state index is 13.0. The third-order valence-corrected chi connectivity index (χ3v) is 3.72. The summed E-state index contributed by atoms with van der Waals surface area (Å²) < 4.78 is 51.6. The molecule has 2 rings (SSSR count). The average molecular weight is 285 g/mol. The fourth-order valence-corrected chi connectivity index (χ4v) is 2.45. The molecule has 2 aromatic carbocycles. The van der Waals surface area contributed by atoms with Crippen molar-refractivity contribution < 1.29 is 22.3 Å². The van der Waals surface area contributed by atoms with Gasteiger partial charge < -0.3 is 5.11 Å². The quantitative estimate of drug-likeness (QED) is 0.910. The normalized spacial score (nSPS) is 11.3. The summed E-state index contributed by atoms with van der Waals surface area (Å²) in [5.74, 6) is -2.29. The first kappa shape index (κ1) is 13.3. The van der Waals surface area contributed by atoms with E-state index >= 15 is 0 Å². The Morgan fingerprint density at radius 3 is 2.16 bits per heavy atom. The molecule has 100 valence electrons. The maximum absolute atomic E-state index is 13.0. The molecule has 19 heavy (non-hydrogen) atoms. The number of nitrogens with one attached hydrogen (secondary N) is 1. The first-order valence-electron chi connectivity index (χ1n) is 5.15. The molecule has 0 aromatic heterocycles. The number of sulfonamides is 1. The number of hydrogen-bond acceptors (Lipinski definition) is 3. The van der Waals surface area contributed by atoms with Crippen LogP contribution in [0.5, 0.6) is 5.75 Å². The van der Waals surface area contributed by atoms with E-state index in [4.69, 9.17) is 5.11 Å². The zero-order valence-corrected chi connectivity index (χ0v) is 10.3. The molecule has 0 spiro atoms. The van der Waals surface area contributed by atoms with Crippen LogP contribution in [-0.2, 0) is 10.0 Å². The van der Waals surface area contributed by atoms with Crippen LogP contribution in [0.25, 0.3) is 0 Å². The summed E-state index contributed by atoms with van der Waals surface area (Å²) in [4.78, 5) is -0.102. The van der Waals surface area contributed by atoms with Crippen LogP contribution in [-0.4, -0.2) is 13.5 Å². The lowest BCUT2D eigenvalue weighted by atomic mass is 10.3. The van der Waals surface area contributed by atoms with Crippen molar-refractivity contribution in [2.24, 2.45) is 0 Å². The molecular weight excluding hydrogens is 276 g/mol. The van der Waals surface area contributed by atoms with Crippen molar-refractivity contribution in [3.05, 3.63) is 54.1 Å². The molecule has 4 nitrogen and oxygen atoms in total. The first-order valence-corrected chi connectivity index (χ1v) is 6.64. The molecule has 0 radical (unpaired) electrons. The van der Waals surface area contributed by atoms with E-state index < -0.39 is 21.7 Å². The van der Waals surface area contributed by atoms with Crippen LogP contribution in [0.4, 0.5) is 14.5 Å². The van der Waals surface area contributed by atoms with Gasteiger partial charge in [-0.2, -0.15) is 0 Å². The smallest absolute Gasteiger partial charge is 0.261 e. The third-order valence-electron chi connectivity index (χ3n) is 2.32. The van der Waals surface area contributed by atoms with Gasteiger partial charge in [-0.25, -0.2) is 17.2 Å². The highest BCUT2D eigenvalue weighted by atomic mass is 32.2. The highest BCUT2D eigenvalue weighted by Gasteiger charge is 2.15. The monoisotopic (exact) mass is 285 g/mol. The van der Waals surface area contributed by atoms with Crippen LogP contribution in [0.15, 0.2) is 47.4 Å². The van der Waals surface area contributed by atoms with Gasteiger partial charge in [-0.05, 0) is 36.4 Å². The van der Waals surface area contributed by atoms with Crippen molar-refractivity contribution in [3.63, 3.8) is 0 Å². The van der Waals surface area contributed by atoms with E-state index in [-0.39, 0.29) is 16.3 Å². The van der Waals surface area contributed by atoms with Gasteiger partial charge >= 0.3 is 0 Å². The molecule has 0 unspecified atom stereocenters. The number of anilines is 1. The Balaban J connectivity index is 2.30. The SMILES string of the molecule is O=S(=O)(Nc1ccc(F)c(F)c1)c1ccc(O)cc1. The largest absolute Gasteiger partial charge is 0.508 e. The molecule has 0 aliphatic rings. The second kappa shape index (κ2) is 4.85. The van der Waals surface area contributed by atoms with Gasteiger partial charge in [0.25, 0.3) is 10.0 Å². The lowest BCUT2D eigenvalue weighted by Gasteiger charge is -2.08. The molecule has 0 aliphatic heterocycles. The Morgan fingerprint density at radius 2 is 1.58 bits per heavy atom. The summed E-state index contributed by atoms with van der Waals surface area (Å²) in [5.41, 5.74) is -0.0908. The summed E-state index contributed by atoms with van der Waals surface area (Å²) in [7, 11) is -3.91. The maximum Gasteiger partial charge on any atom is 0.261 e. The molecule has 2 aromatic rings. The van der Waals surface area contributed by atoms with E-state index in [1.807, 2.05) is 0 Å². The molecule has 0 saturated heterocycles. The molecule has 0 fully saturated rings. The molecular formula is C12H9F2NO3S. The minimum atomic E-state index is -3.91. The van der Waals surface area contributed by atoms with E-state index in [9.17, 15) is 17.2 Å². The van der Waals surface area contributed by atoms with E-state index in [1.54, 1.807) is 0 Å². The molecule has 0 aliphatic carbocycles. The van der Waals surface area contributed by atoms with Gasteiger partial charge in [0.2, 0.25) is 0 Å². The van der Waals surface area contributed by atoms with Gasteiger partial charge in [-0.3, -0.25) is 4.72 Å². The van der Waals surface area contributed by atoms with Crippen LogP contribution < -0.4 is 4.72 Å². The Labute approximate surface area is 108 Å². The predicted octanol–water partition coefficient (Wildman–Crippen LogP) is 2.47. The van der Waals surface area contributed by atoms with E-state index in [0.717, 1.165) is 18.2 Å². The number of aromatic hydroxyl groups is 1. The fourth-order valence-electron chi connectivity index (χ4n) is 1.40. The van der Waals surface area contributed by atoms with Crippen LogP contribution in [0.1, 0.15) is 0 Å². The van der Waals surface area contributed by atoms with Gasteiger partial charge in [0, 0.05) is 6.07 Å². The second-order valence-electron chi connectivity index (χ2n) is 3.73. The molecule has 7 heteroatoms. The zero-order valence-electron chi connectivity index (χ0n) is 9.47. The summed E-state index contributed by atoms with van der Waals surface area (Å²) in [6.07, 6.45) is 0. The van der Waals surface area contributed by atoms with Crippen molar-refractivity contribution in [3.8, 4) is 5.75 Å². The number of halogens is 2. The Bertz CT molecular complexity index is 699. The first-order chi connectivity index (χ1) is 8.88. The van der Waals surface area contributed by atoms with E-state index in [2.05, 4.69) is 4.72 Å².